The Labute approximate surface area is 105 Å². The van der Waals surface area contributed by atoms with E-state index < -0.39 is 0 Å². The Morgan fingerprint density at radius 3 is 2.41 bits per heavy atom. The number of nitrogens with zero attached hydrogens (tertiary/aromatic N) is 1. The maximum atomic E-state index is 12.0. The molecule has 2 fully saturated rings. The van der Waals surface area contributed by atoms with Gasteiger partial charge in [-0.05, 0) is 38.6 Å². The molecule has 98 valence electrons. The molecule has 0 atom stereocenters. The van der Waals surface area contributed by atoms with Crippen LogP contribution in [0.1, 0.15) is 51.9 Å². The summed E-state index contributed by atoms with van der Waals surface area (Å²) in [5.74, 6) is 0.653. The van der Waals surface area contributed by atoms with Crippen LogP contribution in [0.15, 0.2) is 0 Å². The average molecular weight is 238 g/mol. The lowest BCUT2D eigenvalue weighted by Gasteiger charge is -2.32. The van der Waals surface area contributed by atoms with Crippen molar-refractivity contribution in [2.45, 2.75) is 57.9 Å². The lowest BCUT2D eigenvalue weighted by molar-refractivity contribution is -0.125. The van der Waals surface area contributed by atoms with Crippen LogP contribution in [0.25, 0.3) is 0 Å². The molecule has 0 radical (unpaired) electrons. The first-order valence-electron chi connectivity index (χ1n) is 7.32. The number of piperidine rings is 1. The summed E-state index contributed by atoms with van der Waals surface area (Å²) in [6, 6.07) is 0.441. The maximum absolute atomic E-state index is 12.0. The predicted molar refractivity (Wildman–Crippen MR) is 69.9 cm³/mol. The van der Waals surface area contributed by atoms with Gasteiger partial charge in [0, 0.05) is 25.0 Å². The molecule has 2 rings (SSSR count). The number of rotatable bonds is 4. The minimum atomic E-state index is 0.323. The van der Waals surface area contributed by atoms with Crippen molar-refractivity contribution in [1.82, 2.24) is 10.2 Å². The normalized spacial score (nSPS) is 24.1. The molecule has 0 aromatic heterocycles. The number of carbonyl (C=O) groups is 1. The summed E-state index contributed by atoms with van der Waals surface area (Å²) >= 11 is 0. The van der Waals surface area contributed by atoms with Crippen molar-refractivity contribution in [1.29, 1.82) is 0 Å². The van der Waals surface area contributed by atoms with Gasteiger partial charge in [0.2, 0.25) is 5.91 Å². The summed E-state index contributed by atoms with van der Waals surface area (Å²) in [6.45, 7) is 5.75. The molecule has 17 heavy (non-hydrogen) atoms. The summed E-state index contributed by atoms with van der Waals surface area (Å²) in [7, 11) is 0. The molecule has 3 nitrogen and oxygen atoms in total. The fourth-order valence-corrected chi connectivity index (χ4v) is 3.12. The molecule has 3 heteroatoms. The topological polar surface area (TPSA) is 32.3 Å². The summed E-state index contributed by atoms with van der Waals surface area (Å²) in [6.07, 6.45) is 8.22. The van der Waals surface area contributed by atoms with Gasteiger partial charge >= 0.3 is 0 Å². The first kappa shape index (κ1) is 12.9. The van der Waals surface area contributed by atoms with E-state index in [1.807, 2.05) is 0 Å². The van der Waals surface area contributed by atoms with Crippen LogP contribution in [0.5, 0.6) is 0 Å². The Hall–Kier alpha value is -0.570. The largest absolute Gasteiger partial charge is 0.353 e. The van der Waals surface area contributed by atoms with Crippen LogP contribution in [0.2, 0.25) is 0 Å². The Bertz CT molecular complexity index is 241. The molecule has 1 saturated carbocycles. The molecule has 0 aromatic rings. The second-order valence-electron chi connectivity index (χ2n) is 5.61. The Kier molecular flexibility index (Phi) is 4.84. The minimum absolute atomic E-state index is 0.323. The third kappa shape index (κ3) is 3.70. The van der Waals surface area contributed by atoms with Crippen LogP contribution < -0.4 is 5.32 Å². The highest BCUT2D eigenvalue weighted by molar-refractivity contribution is 5.79. The van der Waals surface area contributed by atoms with Crippen molar-refractivity contribution in [3.63, 3.8) is 0 Å². The summed E-state index contributed by atoms with van der Waals surface area (Å²) in [5, 5.41) is 3.26. The van der Waals surface area contributed by atoms with Crippen LogP contribution in [-0.2, 0) is 4.79 Å². The van der Waals surface area contributed by atoms with E-state index in [0.717, 1.165) is 38.8 Å². The zero-order valence-corrected chi connectivity index (χ0v) is 11.1. The second-order valence-corrected chi connectivity index (χ2v) is 5.61. The molecule has 1 saturated heterocycles. The molecular formula is C14H26N2O. The van der Waals surface area contributed by atoms with Crippen LogP contribution in [-0.4, -0.2) is 36.5 Å². The number of hydrogen-bond donors (Lipinski definition) is 1. The first-order valence-corrected chi connectivity index (χ1v) is 7.32. The van der Waals surface area contributed by atoms with E-state index in [9.17, 15) is 4.79 Å². The average Bonchev–Trinajstić information content (AvgIpc) is 2.86. The smallest absolute Gasteiger partial charge is 0.223 e. The predicted octanol–water partition coefficient (Wildman–Crippen LogP) is 2.17. The van der Waals surface area contributed by atoms with Gasteiger partial charge in [-0.15, -0.1) is 0 Å². The minimum Gasteiger partial charge on any atom is -0.353 e. The van der Waals surface area contributed by atoms with Gasteiger partial charge in [-0.25, -0.2) is 0 Å². The van der Waals surface area contributed by atoms with Gasteiger partial charge in [0.25, 0.3) is 0 Å². The van der Waals surface area contributed by atoms with E-state index in [-0.39, 0.29) is 0 Å². The Balaban J connectivity index is 1.68. The van der Waals surface area contributed by atoms with Crippen molar-refractivity contribution >= 4 is 5.91 Å². The molecule has 1 aliphatic carbocycles. The SMILES string of the molecule is CCCN1CCC(NC(=O)C2CCCC2)CC1. The molecule has 1 heterocycles. The highest BCUT2D eigenvalue weighted by Gasteiger charge is 2.26. The fourth-order valence-electron chi connectivity index (χ4n) is 3.12. The zero-order valence-electron chi connectivity index (χ0n) is 11.1. The van der Waals surface area contributed by atoms with E-state index >= 15 is 0 Å². The third-order valence-corrected chi connectivity index (χ3v) is 4.20. The van der Waals surface area contributed by atoms with Crippen LogP contribution >= 0.6 is 0 Å². The molecule has 2 aliphatic rings. The monoisotopic (exact) mass is 238 g/mol. The number of likely N-dealkylation sites (tertiary alicyclic amines) is 1. The molecular weight excluding hydrogens is 212 g/mol. The van der Waals surface area contributed by atoms with Crippen molar-refractivity contribution in [2.75, 3.05) is 19.6 Å². The Morgan fingerprint density at radius 1 is 1.18 bits per heavy atom. The van der Waals surface area contributed by atoms with Gasteiger partial charge in [-0.2, -0.15) is 0 Å². The molecule has 0 spiro atoms. The third-order valence-electron chi connectivity index (χ3n) is 4.20. The van der Waals surface area contributed by atoms with E-state index in [1.165, 1.54) is 25.8 Å². The van der Waals surface area contributed by atoms with Gasteiger partial charge in [0.1, 0.15) is 0 Å². The van der Waals surface area contributed by atoms with Gasteiger partial charge in [-0.3, -0.25) is 4.79 Å². The number of nitrogens with one attached hydrogen (secondary N) is 1. The molecule has 0 bridgehead atoms. The van der Waals surface area contributed by atoms with Crippen LogP contribution in [0.4, 0.5) is 0 Å². The molecule has 0 aromatic carbocycles. The zero-order chi connectivity index (χ0) is 12.1. The Morgan fingerprint density at radius 2 is 1.82 bits per heavy atom. The number of amides is 1. The second kappa shape index (κ2) is 6.39. The van der Waals surface area contributed by atoms with Crippen molar-refractivity contribution in [3.05, 3.63) is 0 Å². The van der Waals surface area contributed by atoms with E-state index in [0.29, 0.717) is 17.9 Å². The highest BCUT2D eigenvalue weighted by Crippen LogP contribution is 2.25. The summed E-state index contributed by atoms with van der Waals surface area (Å²) in [4.78, 5) is 14.5. The van der Waals surface area contributed by atoms with Gasteiger partial charge in [0.05, 0.1) is 0 Å². The molecule has 1 amide bonds. The maximum Gasteiger partial charge on any atom is 0.223 e. The lowest BCUT2D eigenvalue weighted by atomic mass is 10.0. The van der Waals surface area contributed by atoms with E-state index in [4.69, 9.17) is 0 Å². The fraction of sp³-hybridized carbons (Fsp3) is 0.929. The van der Waals surface area contributed by atoms with E-state index in [2.05, 4.69) is 17.1 Å². The quantitative estimate of drug-likeness (QED) is 0.814. The highest BCUT2D eigenvalue weighted by atomic mass is 16.1. The van der Waals surface area contributed by atoms with Gasteiger partial charge < -0.3 is 10.2 Å². The van der Waals surface area contributed by atoms with Crippen LogP contribution in [0, 0.1) is 5.92 Å². The van der Waals surface area contributed by atoms with Crippen molar-refractivity contribution < 1.29 is 4.79 Å². The number of carbonyl (C=O) groups excluding carboxylic acids is 1. The standard InChI is InChI=1S/C14H26N2O/c1-2-9-16-10-7-13(8-11-16)15-14(17)12-5-3-4-6-12/h12-13H,2-11H2,1H3,(H,15,17). The van der Waals surface area contributed by atoms with E-state index in [1.54, 1.807) is 0 Å². The van der Waals surface area contributed by atoms with Crippen molar-refractivity contribution in [2.24, 2.45) is 5.92 Å². The summed E-state index contributed by atoms with van der Waals surface area (Å²) < 4.78 is 0. The van der Waals surface area contributed by atoms with Crippen molar-refractivity contribution in [3.8, 4) is 0 Å². The van der Waals surface area contributed by atoms with Gasteiger partial charge in [0.15, 0.2) is 0 Å². The molecule has 1 N–H and O–H groups in total. The number of hydrogen-bond acceptors (Lipinski definition) is 2. The molecule has 0 unspecified atom stereocenters. The van der Waals surface area contributed by atoms with Crippen LogP contribution in [0.3, 0.4) is 0 Å². The molecule has 1 aliphatic heterocycles. The first-order chi connectivity index (χ1) is 8.29. The lowest BCUT2D eigenvalue weighted by Crippen LogP contribution is -2.46. The summed E-state index contributed by atoms with van der Waals surface area (Å²) in [5.41, 5.74) is 0. The van der Waals surface area contributed by atoms with Gasteiger partial charge in [-0.1, -0.05) is 19.8 Å².